The van der Waals surface area contributed by atoms with E-state index in [0.29, 0.717) is 55.0 Å². The van der Waals surface area contributed by atoms with E-state index in [2.05, 4.69) is 26.7 Å². The third kappa shape index (κ3) is 6.28. The fraction of sp³-hybridized carbons (Fsp3) is 0.500. The molecule has 202 valence electrons. The minimum absolute atomic E-state index is 0.0551. The van der Waals surface area contributed by atoms with Crippen molar-refractivity contribution < 1.29 is 19.1 Å². The van der Waals surface area contributed by atoms with Gasteiger partial charge in [0.1, 0.15) is 23.8 Å². The molecule has 2 aromatic heterocycles. The molecule has 0 radical (unpaired) electrons. The maximum absolute atomic E-state index is 13.3. The summed E-state index contributed by atoms with van der Waals surface area (Å²) in [6.45, 7) is 2.11. The number of ether oxygens (including phenoxy) is 2. The Labute approximate surface area is 226 Å². The third-order valence-electron chi connectivity index (χ3n) is 6.51. The first-order valence-electron chi connectivity index (χ1n) is 12.6. The Balaban J connectivity index is 1.51. The van der Waals surface area contributed by atoms with Gasteiger partial charge in [0.15, 0.2) is 0 Å². The van der Waals surface area contributed by atoms with E-state index in [1.165, 1.54) is 13.3 Å². The number of anilines is 3. The van der Waals surface area contributed by atoms with E-state index in [0.717, 1.165) is 42.6 Å². The number of carbonyl (C=O) groups is 2. The Morgan fingerprint density at radius 1 is 1.37 bits per heavy atom. The molecule has 2 aromatic rings. The lowest BCUT2D eigenvalue weighted by Gasteiger charge is -2.30. The zero-order valence-electron chi connectivity index (χ0n) is 22.0. The average molecular weight is 540 g/mol. The first kappa shape index (κ1) is 27.5. The standard InChI is InChI=1S/C26H33N7O4S/c1-32(25(34)21-7-5-10-37-21)16-18-12-17-6-4-9-33(23(17)31-24(18)36-2)26(35)30-22-13-20(28-8-11-38-3)19(14-27)15-29-22/h12-13,15,21H,4-11,16H2,1-3H3,(H2,28,29,30,35)/t21-/m1/s1. The lowest BCUT2D eigenvalue weighted by Crippen LogP contribution is -2.40. The van der Waals surface area contributed by atoms with Gasteiger partial charge in [0.2, 0.25) is 5.88 Å². The highest BCUT2D eigenvalue weighted by Crippen LogP contribution is 2.32. The van der Waals surface area contributed by atoms with Gasteiger partial charge in [0.05, 0.1) is 24.9 Å². The smallest absolute Gasteiger partial charge is 0.328 e. The number of pyridine rings is 2. The summed E-state index contributed by atoms with van der Waals surface area (Å²) < 4.78 is 11.1. The second kappa shape index (κ2) is 12.8. The quantitative estimate of drug-likeness (QED) is 0.461. The van der Waals surface area contributed by atoms with E-state index in [1.54, 1.807) is 34.7 Å². The highest BCUT2D eigenvalue weighted by molar-refractivity contribution is 7.98. The number of methoxy groups -OCH3 is 1. The molecule has 1 fully saturated rings. The maximum atomic E-state index is 13.3. The SMILES string of the molecule is COc1nc2c(cc1CN(C)C(=O)[C@H]1CCCO1)CCCN2C(=O)Nc1cc(NCCSC)c(C#N)cn1. The minimum Gasteiger partial charge on any atom is -0.481 e. The number of fused-ring (bicyclic) bond motifs is 1. The van der Waals surface area contributed by atoms with Crippen LogP contribution in [0.1, 0.15) is 36.0 Å². The van der Waals surface area contributed by atoms with Crippen LogP contribution in [0, 0.1) is 11.3 Å². The highest BCUT2D eigenvalue weighted by atomic mass is 32.2. The number of likely N-dealkylation sites (N-methyl/N-ethyl adjacent to an activating group) is 1. The summed E-state index contributed by atoms with van der Waals surface area (Å²) in [4.78, 5) is 38.2. The van der Waals surface area contributed by atoms with E-state index < -0.39 is 6.10 Å². The summed E-state index contributed by atoms with van der Waals surface area (Å²) in [6.07, 6.45) is 6.20. The molecule has 2 aliphatic heterocycles. The van der Waals surface area contributed by atoms with E-state index in [9.17, 15) is 14.9 Å². The number of urea groups is 1. The van der Waals surface area contributed by atoms with Crippen LogP contribution < -0.4 is 20.3 Å². The van der Waals surface area contributed by atoms with Crippen molar-refractivity contribution in [2.24, 2.45) is 0 Å². The molecule has 0 unspecified atom stereocenters. The Hall–Kier alpha value is -3.56. The Kier molecular flexibility index (Phi) is 9.25. The molecule has 2 aliphatic rings. The summed E-state index contributed by atoms with van der Waals surface area (Å²) in [5, 5.41) is 15.5. The second-order valence-electron chi connectivity index (χ2n) is 9.17. The fourth-order valence-corrected chi connectivity index (χ4v) is 4.90. The van der Waals surface area contributed by atoms with Gasteiger partial charge in [0, 0.05) is 50.3 Å². The number of thioether (sulfide) groups is 1. The molecule has 12 heteroatoms. The number of nitrogens with zero attached hydrogens (tertiary/aromatic N) is 5. The molecule has 0 aromatic carbocycles. The molecule has 4 rings (SSSR count). The molecule has 0 aliphatic carbocycles. The molecule has 38 heavy (non-hydrogen) atoms. The van der Waals surface area contributed by atoms with Crippen LogP contribution in [0.5, 0.6) is 5.88 Å². The van der Waals surface area contributed by atoms with Crippen LogP contribution in [0.15, 0.2) is 18.3 Å². The molecule has 1 atom stereocenters. The zero-order chi connectivity index (χ0) is 27.1. The summed E-state index contributed by atoms with van der Waals surface area (Å²) in [5.41, 5.74) is 2.72. The van der Waals surface area contributed by atoms with Crippen LogP contribution in [0.25, 0.3) is 0 Å². The summed E-state index contributed by atoms with van der Waals surface area (Å²) in [7, 11) is 3.27. The monoisotopic (exact) mass is 539 g/mol. The minimum atomic E-state index is -0.396. The Morgan fingerprint density at radius 2 is 2.21 bits per heavy atom. The lowest BCUT2D eigenvalue weighted by atomic mass is 10.0. The molecule has 2 N–H and O–H groups in total. The molecule has 11 nitrogen and oxygen atoms in total. The van der Waals surface area contributed by atoms with Gasteiger partial charge in [-0.1, -0.05) is 0 Å². The second-order valence-corrected chi connectivity index (χ2v) is 10.2. The van der Waals surface area contributed by atoms with Crippen LogP contribution >= 0.6 is 11.8 Å². The van der Waals surface area contributed by atoms with Gasteiger partial charge in [-0.3, -0.25) is 15.0 Å². The van der Waals surface area contributed by atoms with E-state index in [1.807, 2.05) is 12.3 Å². The first-order chi connectivity index (χ1) is 18.4. The topological polar surface area (TPSA) is 133 Å². The summed E-state index contributed by atoms with van der Waals surface area (Å²) >= 11 is 1.70. The molecule has 1 saturated heterocycles. The molecular weight excluding hydrogens is 506 g/mol. The number of rotatable bonds is 9. The van der Waals surface area contributed by atoms with Crippen LogP contribution in [0.4, 0.5) is 22.1 Å². The molecular formula is C26H33N7O4S. The predicted octanol–water partition coefficient (Wildman–Crippen LogP) is 3.25. The van der Waals surface area contributed by atoms with Crippen molar-refractivity contribution in [3.05, 3.63) is 35.0 Å². The van der Waals surface area contributed by atoms with E-state index in [4.69, 9.17) is 9.47 Å². The third-order valence-corrected chi connectivity index (χ3v) is 7.12. The van der Waals surface area contributed by atoms with Crippen molar-refractivity contribution in [1.29, 1.82) is 5.26 Å². The molecule has 0 bridgehead atoms. The summed E-state index contributed by atoms with van der Waals surface area (Å²) in [5.74, 6) is 2.06. The van der Waals surface area contributed by atoms with Gasteiger partial charge in [-0.15, -0.1) is 0 Å². The van der Waals surface area contributed by atoms with Gasteiger partial charge in [-0.05, 0) is 43.6 Å². The molecule has 3 amide bonds. The number of aromatic nitrogens is 2. The fourth-order valence-electron chi connectivity index (χ4n) is 4.59. The van der Waals surface area contributed by atoms with Gasteiger partial charge in [-0.2, -0.15) is 22.0 Å². The van der Waals surface area contributed by atoms with Crippen molar-refractivity contribution >= 4 is 41.0 Å². The normalized spacial score (nSPS) is 16.4. The van der Waals surface area contributed by atoms with Gasteiger partial charge in [0.25, 0.3) is 5.91 Å². The maximum Gasteiger partial charge on any atom is 0.328 e. The van der Waals surface area contributed by atoms with Crippen molar-refractivity contribution in [2.45, 2.75) is 38.3 Å². The van der Waals surface area contributed by atoms with Gasteiger partial charge in [-0.25, -0.2) is 9.78 Å². The average Bonchev–Trinajstić information content (AvgIpc) is 3.47. The van der Waals surface area contributed by atoms with Gasteiger partial charge >= 0.3 is 6.03 Å². The van der Waals surface area contributed by atoms with Crippen molar-refractivity contribution in [1.82, 2.24) is 14.9 Å². The largest absolute Gasteiger partial charge is 0.481 e. The summed E-state index contributed by atoms with van der Waals surface area (Å²) in [6, 6.07) is 5.39. The number of nitrogens with one attached hydrogen (secondary N) is 2. The number of hydrogen-bond acceptors (Lipinski definition) is 9. The molecule has 0 spiro atoms. The Morgan fingerprint density at radius 3 is 2.92 bits per heavy atom. The number of amides is 3. The molecule has 0 saturated carbocycles. The highest BCUT2D eigenvalue weighted by Gasteiger charge is 2.29. The van der Waals surface area contributed by atoms with Crippen molar-refractivity contribution in [3.8, 4) is 11.9 Å². The lowest BCUT2D eigenvalue weighted by molar-refractivity contribution is -0.140. The van der Waals surface area contributed by atoms with Crippen LogP contribution in [0.2, 0.25) is 0 Å². The number of carbonyl (C=O) groups excluding carboxylic acids is 2. The zero-order valence-corrected chi connectivity index (χ0v) is 22.8. The number of hydrogen-bond donors (Lipinski definition) is 2. The van der Waals surface area contributed by atoms with Gasteiger partial charge < -0.3 is 19.7 Å². The van der Waals surface area contributed by atoms with Crippen molar-refractivity contribution in [3.63, 3.8) is 0 Å². The number of nitriles is 1. The van der Waals surface area contributed by atoms with E-state index >= 15 is 0 Å². The first-order valence-corrected chi connectivity index (χ1v) is 14.0. The number of aryl methyl sites for hydroxylation is 1. The Bertz CT molecular complexity index is 1210. The van der Waals surface area contributed by atoms with Crippen LogP contribution in [-0.2, 0) is 22.5 Å². The molecule has 4 heterocycles. The predicted molar refractivity (Wildman–Crippen MR) is 147 cm³/mol. The van der Waals surface area contributed by atoms with Crippen LogP contribution in [0.3, 0.4) is 0 Å². The van der Waals surface area contributed by atoms with E-state index in [-0.39, 0.29) is 11.9 Å². The van der Waals surface area contributed by atoms with Crippen LogP contribution in [-0.4, -0.2) is 78.8 Å². The van der Waals surface area contributed by atoms with Crippen molar-refractivity contribution in [2.75, 3.05) is 61.4 Å².